The van der Waals surface area contributed by atoms with Gasteiger partial charge in [0, 0.05) is 0 Å². The number of carbonyl (C=O) groups is 1. The lowest BCUT2D eigenvalue weighted by molar-refractivity contribution is 0.0950. The Bertz CT molecular complexity index is 971. The number of nitrogens with zero attached hydrogens (tertiary/aromatic N) is 1. The predicted octanol–water partition coefficient (Wildman–Crippen LogP) is 3.74. The van der Waals surface area contributed by atoms with E-state index in [1.807, 2.05) is 36.4 Å². The number of amides is 1. The van der Waals surface area contributed by atoms with Crippen LogP contribution in [0.1, 0.15) is 21.5 Å². The molecule has 0 heterocycles. The lowest BCUT2D eigenvalue weighted by Crippen LogP contribution is -2.18. The third kappa shape index (κ3) is 4.88. The average Bonchev–Trinajstić information content (AvgIpc) is 2.74. The van der Waals surface area contributed by atoms with E-state index in [4.69, 9.17) is 9.47 Å². The molecule has 3 rings (SSSR count). The second-order valence-electron chi connectivity index (χ2n) is 5.90. The summed E-state index contributed by atoms with van der Waals surface area (Å²) < 4.78 is 10.8. The molecule has 1 amide bonds. The SMILES string of the molecule is COc1cc(/C=N/NC(=O)c2ccccc2OCc2ccccc2)ccc1O. The second-order valence-corrected chi connectivity index (χ2v) is 5.90. The first-order chi connectivity index (χ1) is 13.7. The highest BCUT2D eigenvalue weighted by atomic mass is 16.5. The topological polar surface area (TPSA) is 80.2 Å². The van der Waals surface area contributed by atoms with E-state index in [2.05, 4.69) is 10.5 Å². The van der Waals surface area contributed by atoms with E-state index in [-0.39, 0.29) is 11.7 Å². The molecule has 6 heteroatoms. The minimum Gasteiger partial charge on any atom is -0.504 e. The Morgan fingerprint density at radius 2 is 1.79 bits per heavy atom. The molecule has 2 N–H and O–H groups in total. The van der Waals surface area contributed by atoms with Crippen LogP contribution >= 0.6 is 0 Å². The van der Waals surface area contributed by atoms with Crippen LogP contribution in [-0.4, -0.2) is 24.3 Å². The van der Waals surface area contributed by atoms with Gasteiger partial charge in [-0.2, -0.15) is 5.10 Å². The summed E-state index contributed by atoms with van der Waals surface area (Å²) in [5.41, 5.74) is 4.55. The van der Waals surface area contributed by atoms with Gasteiger partial charge >= 0.3 is 0 Å². The van der Waals surface area contributed by atoms with Gasteiger partial charge in [0.1, 0.15) is 12.4 Å². The Hall–Kier alpha value is -3.80. The van der Waals surface area contributed by atoms with E-state index in [1.165, 1.54) is 19.4 Å². The smallest absolute Gasteiger partial charge is 0.275 e. The number of hydrazone groups is 1. The van der Waals surface area contributed by atoms with E-state index < -0.39 is 0 Å². The van der Waals surface area contributed by atoms with E-state index in [9.17, 15) is 9.90 Å². The van der Waals surface area contributed by atoms with Gasteiger partial charge in [-0.05, 0) is 41.5 Å². The van der Waals surface area contributed by atoms with Crippen LogP contribution in [-0.2, 0) is 6.61 Å². The summed E-state index contributed by atoms with van der Waals surface area (Å²) in [6.45, 7) is 0.363. The Labute approximate surface area is 163 Å². The van der Waals surface area contributed by atoms with E-state index >= 15 is 0 Å². The number of carbonyl (C=O) groups excluding carboxylic acids is 1. The number of nitrogens with one attached hydrogen (secondary N) is 1. The number of hydrogen-bond donors (Lipinski definition) is 2. The molecular weight excluding hydrogens is 356 g/mol. The molecule has 0 aliphatic heterocycles. The number of hydrogen-bond acceptors (Lipinski definition) is 5. The van der Waals surface area contributed by atoms with Gasteiger partial charge in [-0.25, -0.2) is 5.43 Å². The van der Waals surface area contributed by atoms with Crippen LogP contribution in [0.15, 0.2) is 77.9 Å². The molecule has 0 aromatic heterocycles. The molecule has 0 fully saturated rings. The largest absolute Gasteiger partial charge is 0.504 e. The third-order valence-electron chi connectivity index (χ3n) is 3.95. The van der Waals surface area contributed by atoms with Crippen LogP contribution in [0.3, 0.4) is 0 Å². The maximum atomic E-state index is 12.5. The molecule has 0 aliphatic carbocycles. The zero-order valence-corrected chi connectivity index (χ0v) is 15.3. The maximum absolute atomic E-state index is 12.5. The average molecular weight is 376 g/mol. The van der Waals surface area contributed by atoms with Gasteiger partial charge in [-0.15, -0.1) is 0 Å². The highest BCUT2D eigenvalue weighted by Gasteiger charge is 2.11. The number of ether oxygens (including phenoxy) is 2. The van der Waals surface area contributed by atoms with Gasteiger partial charge in [-0.1, -0.05) is 42.5 Å². The lowest BCUT2D eigenvalue weighted by Gasteiger charge is -2.10. The van der Waals surface area contributed by atoms with Crippen molar-refractivity contribution < 1.29 is 19.4 Å². The Balaban J connectivity index is 1.66. The molecule has 0 spiro atoms. The Kier molecular flexibility index (Phi) is 6.25. The van der Waals surface area contributed by atoms with Gasteiger partial charge in [0.15, 0.2) is 11.5 Å². The summed E-state index contributed by atoms with van der Waals surface area (Å²) in [6.07, 6.45) is 1.47. The van der Waals surface area contributed by atoms with Crippen LogP contribution in [0.25, 0.3) is 0 Å². The monoisotopic (exact) mass is 376 g/mol. The molecule has 0 saturated carbocycles. The third-order valence-corrected chi connectivity index (χ3v) is 3.95. The molecule has 142 valence electrons. The van der Waals surface area contributed by atoms with Crippen molar-refractivity contribution in [2.24, 2.45) is 5.10 Å². The second kappa shape index (κ2) is 9.23. The van der Waals surface area contributed by atoms with E-state index in [0.717, 1.165) is 5.56 Å². The van der Waals surface area contributed by atoms with Gasteiger partial charge in [-0.3, -0.25) is 4.79 Å². The van der Waals surface area contributed by atoms with Crippen molar-refractivity contribution in [3.05, 3.63) is 89.5 Å². The first-order valence-corrected chi connectivity index (χ1v) is 8.63. The zero-order valence-electron chi connectivity index (χ0n) is 15.3. The van der Waals surface area contributed by atoms with E-state index in [1.54, 1.807) is 30.3 Å². The molecule has 28 heavy (non-hydrogen) atoms. The van der Waals surface area contributed by atoms with E-state index in [0.29, 0.717) is 29.2 Å². The van der Waals surface area contributed by atoms with Crippen LogP contribution < -0.4 is 14.9 Å². The summed E-state index contributed by atoms with van der Waals surface area (Å²) in [5.74, 6) is 0.458. The first-order valence-electron chi connectivity index (χ1n) is 8.63. The van der Waals surface area contributed by atoms with Gasteiger partial charge in [0.25, 0.3) is 5.91 Å². The number of para-hydroxylation sites is 1. The molecule has 0 saturated heterocycles. The highest BCUT2D eigenvalue weighted by molar-refractivity contribution is 5.97. The number of aromatic hydroxyl groups is 1. The standard InChI is InChI=1S/C22H20N2O4/c1-27-21-13-17(11-12-19(21)25)14-23-24-22(26)18-9-5-6-10-20(18)28-15-16-7-3-2-4-8-16/h2-14,25H,15H2,1H3,(H,24,26)/b23-14+. The number of rotatable bonds is 7. The molecule has 0 atom stereocenters. The van der Waals surface area contributed by atoms with Crippen molar-refractivity contribution >= 4 is 12.1 Å². The summed E-state index contributed by atoms with van der Waals surface area (Å²) in [4.78, 5) is 12.5. The Morgan fingerprint density at radius 1 is 1.04 bits per heavy atom. The molecule has 0 aliphatic rings. The molecular formula is C22H20N2O4. The minimum atomic E-state index is -0.384. The number of phenolic OH excluding ortho intramolecular Hbond substituents is 1. The van der Waals surface area contributed by atoms with Crippen LogP contribution in [0.2, 0.25) is 0 Å². The zero-order chi connectivity index (χ0) is 19.8. The van der Waals surface area contributed by atoms with Crippen molar-refractivity contribution in [1.29, 1.82) is 0 Å². The fourth-order valence-electron chi connectivity index (χ4n) is 2.52. The quantitative estimate of drug-likeness (QED) is 0.486. The molecule has 0 bridgehead atoms. The van der Waals surface area contributed by atoms with Crippen molar-refractivity contribution in [2.75, 3.05) is 7.11 Å². The van der Waals surface area contributed by atoms with Crippen molar-refractivity contribution in [2.45, 2.75) is 6.61 Å². The van der Waals surface area contributed by atoms with Crippen LogP contribution in [0.4, 0.5) is 0 Å². The minimum absolute atomic E-state index is 0.0353. The van der Waals surface area contributed by atoms with Crippen LogP contribution in [0.5, 0.6) is 17.2 Å². The molecule has 0 unspecified atom stereocenters. The fraction of sp³-hybridized carbons (Fsp3) is 0.0909. The molecule has 0 radical (unpaired) electrons. The highest BCUT2D eigenvalue weighted by Crippen LogP contribution is 2.25. The number of phenols is 1. The summed E-state index contributed by atoms with van der Waals surface area (Å²) in [5, 5.41) is 13.6. The normalized spacial score (nSPS) is 10.6. The van der Waals surface area contributed by atoms with Crippen LogP contribution in [0, 0.1) is 0 Å². The van der Waals surface area contributed by atoms with Crippen molar-refractivity contribution in [3.63, 3.8) is 0 Å². The van der Waals surface area contributed by atoms with Crippen molar-refractivity contribution in [3.8, 4) is 17.2 Å². The Morgan fingerprint density at radius 3 is 2.57 bits per heavy atom. The molecule has 6 nitrogen and oxygen atoms in total. The fourth-order valence-corrected chi connectivity index (χ4v) is 2.52. The lowest BCUT2D eigenvalue weighted by atomic mass is 10.2. The number of benzene rings is 3. The van der Waals surface area contributed by atoms with Gasteiger partial charge in [0.2, 0.25) is 0 Å². The summed E-state index contributed by atoms with van der Waals surface area (Å²) in [6, 6.07) is 21.5. The maximum Gasteiger partial charge on any atom is 0.275 e. The molecule has 3 aromatic carbocycles. The van der Waals surface area contributed by atoms with Gasteiger partial charge in [0.05, 0.1) is 18.9 Å². The number of methoxy groups -OCH3 is 1. The predicted molar refractivity (Wildman–Crippen MR) is 107 cm³/mol. The van der Waals surface area contributed by atoms with Crippen molar-refractivity contribution in [1.82, 2.24) is 5.43 Å². The molecule has 3 aromatic rings. The summed E-state index contributed by atoms with van der Waals surface area (Å²) in [7, 11) is 1.46. The van der Waals surface area contributed by atoms with Gasteiger partial charge < -0.3 is 14.6 Å². The first kappa shape index (κ1) is 19.0. The summed E-state index contributed by atoms with van der Waals surface area (Å²) >= 11 is 0.